The lowest BCUT2D eigenvalue weighted by atomic mass is 10.1. The van der Waals surface area contributed by atoms with Crippen LogP contribution in [-0.2, 0) is 27.9 Å². The summed E-state index contributed by atoms with van der Waals surface area (Å²) >= 11 is 0. The maximum atomic E-state index is 12.6. The number of rotatable bonds is 43. The Hall–Kier alpha value is -0.760. The molecule has 0 aliphatic heterocycles. The van der Waals surface area contributed by atoms with E-state index in [-0.39, 0.29) is 32.3 Å². The number of ether oxygens (including phenoxy) is 2. The molecule has 0 radical (unpaired) electrons. The molecule has 52 heavy (non-hydrogen) atoms. The van der Waals surface area contributed by atoms with E-state index in [2.05, 4.69) is 26.0 Å². The number of esters is 1. The maximum Gasteiger partial charge on any atom is 0.472 e. The molecule has 8 nitrogen and oxygen atoms in total. The topological polar surface area (TPSA) is 117 Å². The normalized spacial score (nSPS) is 13.5. The van der Waals surface area contributed by atoms with Crippen molar-refractivity contribution in [2.24, 2.45) is 5.73 Å². The zero-order valence-corrected chi connectivity index (χ0v) is 35.2. The van der Waals surface area contributed by atoms with Gasteiger partial charge in [-0.15, -0.1) is 0 Å². The summed E-state index contributed by atoms with van der Waals surface area (Å²) in [6.07, 6.45) is 43.7. The van der Waals surface area contributed by atoms with Crippen LogP contribution in [0.3, 0.4) is 0 Å². The highest BCUT2D eigenvalue weighted by Gasteiger charge is 2.25. The highest BCUT2D eigenvalue weighted by atomic mass is 31.2. The molecule has 0 aliphatic carbocycles. The summed E-state index contributed by atoms with van der Waals surface area (Å²) in [5, 5.41) is 0. The first-order chi connectivity index (χ1) is 25.4. The molecule has 0 rings (SSSR count). The average molecular weight is 760 g/mol. The molecule has 0 aromatic heterocycles. The van der Waals surface area contributed by atoms with Gasteiger partial charge in [0, 0.05) is 19.6 Å². The Morgan fingerprint density at radius 3 is 1.40 bits per heavy atom. The van der Waals surface area contributed by atoms with Gasteiger partial charge >= 0.3 is 13.8 Å². The van der Waals surface area contributed by atoms with Gasteiger partial charge < -0.3 is 20.1 Å². The van der Waals surface area contributed by atoms with E-state index in [1.54, 1.807) is 0 Å². The molecule has 0 aliphatic rings. The van der Waals surface area contributed by atoms with Crippen LogP contribution < -0.4 is 5.73 Å². The van der Waals surface area contributed by atoms with Crippen LogP contribution in [-0.4, -0.2) is 49.9 Å². The molecule has 0 bridgehead atoms. The number of allylic oxidation sites excluding steroid dienone is 2. The van der Waals surface area contributed by atoms with Crippen molar-refractivity contribution in [1.82, 2.24) is 0 Å². The maximum absolute atomic E-state index is 12.6. The van der Waals surface area contributed by atoms with Crippen molar-refractivity contribution in [2.45, 2.75) is 225 Å². The second-order valence-electron chi connectivity index (χ2n) is 14.9. The molecule has 0 heterocycles. The van der Waals surface area contributed by atoms with Crippen LogP contribution in [0.25, 0.3) is 0 Å². The van der Waals surface area contributed by atoms with Crippen LogP contribution in [0.4, 0.5) is 0 Å². The Morgan fingerprint density at radius 2 is 0.962 bits per heavy atom. The average Bonchev–Trinajstić information content (AvgIpc) is 3.13. The first kappa shape index (κ1) is 51.2. The van der Waals surface area contributed by atoms with Crippen LogP contribution >= 0.6 is 7.82 Å². The van der Waals surface area contributed by atoms with E-state index in [4.69, 9.17) is 24.3 Å². The minimum Gasteiger partial charge on any atom is -0.457 e. The summed E-state index contributed by atoms with van der Waals surface area (Å²) in [5.74, 6) is -0.329. The van der Waals surface area contributed by atoms with E-state index >= 15 is 0 Å². The molecular formula is C43H86NO7P. The molecule has 0 saturated carbocycles. The molecule has 3 N–H and O–H groups in total. The van der Waals surface area contributed by atoms with Crippen molar-refractivity contribution in [1.29, 1.82) is 0 Å². The molecule has 0 fully saturated rings. The fraction of sp³-hybridized carbons (Fsp3) is 0.930. The van der Waals surface area contributed by atoms with Crippen molar-refractivity contribution in [3.63, 3.8) is 0 Å². The van der Waals surface area contributed by atoms with E-state index in [1.807, 2.05) is 0 Å². The number of hydrogen-bond donors (Lipinski definition) is 2. The van der Waals surface area contributed by atoms with Crippen molar-refractivity contribution in [2.75, 3.05) is 33.0 Å². The zero-order chi connectivity index (χ0) is 38.1. The van der Waals surface area contributed by atoms with Gasteiger partial charge in [-0.05, 0) is 38.5 Å². The van der Waals surface area contributed by atoms with Crippen molar-refractivity contribution in [3.8, 4) is 0 Å². The number of phosphoric acid groups is 1. The van der Waals surface area contributed by atoms with Gasteiger partial charge in [0.2, 0.25) is 0 Å². The summed E-state index contributed by atoms with van der Waals surface area (Å²) in [4.78, 5) is 22.5. The van der Waals surface area contributed by atoms with Crippen molar-refractivity contribution < 1.29 is 32.8 Å². The summed E-state index contributed by atoms with van der Waals surface area (Å²) in [7, 11) is -4.27. The summed E-state index contributed by atoms with van der Waals surface area (Å²) in [6.45, 7) is 4.96. The van der Waals surface area contributed by atoms with E-state index in [0.717, 1.165) is 32.1 Å². The smallest absolute Gasteiger partial charge is 0.457 e. The lowest BCUT2D eigenvalue weighted by Gasteiger charge is -2.20. The van der Waals surface area contributed by atoms with Gasteiger partial charge in [0.05, 0.1) is 19.8 Å². The lowest BCUT2D eigenvalue weighted by Crippen LogP contribution is -2.28. The Bertz CT molecular complexity index is 812. The van der Waals surface area contributed by atoms with E-state index < -0.39 is 13.9 Å². The predicted octanol–water partition coefficient (Wildman–Crippen LogP) is 13.1. The molecular weight excluding hydrogens is 673 g/mol. The van der Waals surface area contributed by atoms with Gasteiger partial charge in [-0.2, -0.15) is 0 Å². The highest BCUT2D eigenvalue weighted by Crippen LogP contribution is 2.43. The highest BCUT2D eigenvalue weighted by molar-refractivity contribution is 7.47. The minimum absolute atomic E-state index is 0.0925. The summed E-state index contributed by atoms with van der Waals surface area (Å²) < 4.78 is 33.4. The third-order valence-electron chi connectivity index (χ3n) is 9.68. The molecule has 2 atom stereocenters. The number of carbonyl (C=O) groups excluding carboxylic acids is 1. The van der Waals surface area contributed by atoms with Crippen LogP contribution in [0.5, 0.6) is 0 Å². The summed E-state index contributed by atoms with van der Waals surface area (Å²) in [6, 6.07) is 0. The Morgan fingerprint density at radius 1 is 0.558 bits per heavy atom. The first-order valence-electron chi connectivity index (χ1n) is 22.2. The quantitative estimate of drug-likeness (QED) is 0.0273. The van der Waals surface area contributed by atoms with Gasteiger partial charge in [0.1, 0.15) is 6.10 Å². The van der Waals surface area contributed by atoms with Crippen molar-refractivity contribution >= 4 is 13.8 Å². The minimum atomic E-state index is -4.27. The molecule has 0 spiro atoms. The van der Waals surface area contributed by atoms with E-state index in [0.29, 0.717) is 13.0 Å². The number of unbranched alkanes of at least 4 members (excludes halogenated alkanes) is 28. The molecule has 2 unspecified atom stereocenters. The van der Waals surface area contributed by atoms with Gasteiger partial charge in [-0.3, -0.25) is 13.8 Å². The molecule has 310 valence electrons. The number of carbonyl (C=O) groups is 1. The third kappa shape index (κ3) is 40.4. The molecule has 0 saturated heterocycles. The SMILES string of the molecule is CCCCCCCCCC/C=C\CCCCCCCCCCCC(=O)OC(COCCCCCCCCCCCCCC)COP(=O)(O)OCCN. The zero-order valence-electron chi connectivity index (χ0n) is 34.3. The molecule has 0 aromatic carbocycles. The Balaban J connectivity index is 3.95. The number of phosphoric ester groups is 1. The van der Waals surface area contributed by atoms with Gasteiger partial charge in [0.25, 0.3) is 0 Å². The van der Waals surface area contributed by atoms with Gasteiger partial charge in [0.15, 0.2) is 0 Å². The fourth-order valence-electron chi connectivity index (χ4n) is 6.40. The molecule has 9 heteroatoms. The number of nitrogens with two attached hydrogens (primary N) is 1. The second-order valence-corrected chi connectivity index (χ2v) is 16.4. The predicted molar refractivity (Wildman–Crippen MR) is 220 cm³/mol. The largest absolute Gasteiger partial charge is 0.472 e. The van der Waals surface area contributed by atoms with Crippen LogP contribution in [0, 0.1) is 0 Å². The first-order valence-corrected chi connectivity index (χ1v) is 23.7. The van der Waals surface area contributed by atoms with Gasteiger partial charge in [-0.1, -0.05) is 187 Å². The lowest BCUT2D eigenvalue weighted by molar-refractivity contribution is -0.154. The van der Waals surface area contributed by atoms with E-state index in [9.17, 15) is 14.3 Å². The van der Waals surface area contributed by atoms with Crippen LogP contribution in [0.1, 0.15) is 219 Å². The second kappa shape index (κ2) is 41.4. The number of hydrogen-bond acceptors (Lipinski definition) is 7. The molecule has 0 amide bonds. The summed E-state index contributed by atoms with van der Waals surface area (Å²) in [5.41, 5.74) is 5.37. The Kier molecular flexibility index (Phi) is 40.8. The third-order valence-corrected chi connectivity index (χ3v) is 10.7. The fourth-order valence-corrected chi connectivity index (χ4v) is 7.17. The van der Waals surface area contributed by atoms with Crippen molar-refractivity contribution in [3.05, 3.63) is 12.2 Å². The standard InChI is InChI=1S/C43H86NO7P/c1-3-5-7-9-11-13-15-17-18-19-20-21-22-23-24-25-26-28-30-32-34-36-43(45)51-42(41-50-52(46,47)49-39-37-44)40-48-38-35-33-31-29-27-16-14-12-10-8-6-4-2/h19-20,42H,3-18,21-41,44H2,1-2H3,(H,46,47)/b20-19-. The monoisotopic (exact) mass is 760 g/mol. The molecule has 0 aromatic rings. The Labute approximate surface area is 322 Å². The van der Waals surface area contributed by atoms with Gasteiger partial charge in [-0.25, -0.2) is 4.57 Å². The van der Waals surface area contributed by atoms with Crippen LogP contribution in [0.15, 0.2) is 12.2 Å². The van der Waals surface area contributed by atoms with Crippen LogP contribution in [0.2, 0.25) is 0 Å². The van der Waals surface area contributed by atoms with E-state index in [1.165, 1.54) is 167 Å².